The summed E-state index contributed by atoms with van der Waals surface area (Å²) in [6.07, 6.45) is 2.11. The molecule has 0 amide bonds. The molecule has 1 aliphatic heterocycles. The molecular weight excluding hydrogens is 255 g/mol. The summed E-state index contributed by atoms with van der Waals surface area (Å²) in [6, 6.07) is 1.04. The third-order valence-electron chi connectivity index (χ3n) is 2.96. The second-order valence-electron chi connectivity index (χ2n) is 4.18. The average Bonchev–Trinajstić information content (AvgIpc) is 2.38. The highest BCUT2D eigenvalue weighted by Gasteiger charge is 2.24. The Kier molecular flexibility index (Phi) is 4.06. The number of carbonyl (C=O) groups is 1. The minimum atomic E-state index is -1.14. The summed E-state index contributed by atoms with van der Waals surface area (Å²) in [5.41, 5.74) is -0.0586. The minimum Gasteiger partial charge on any atom is -0.478 e. The van der Waals surface area contributed by atoms with Gasteiger partial charge in [-0.05, 0) is 12.5 Å². The van der Waals surface area contributed by atoms with Crippen molar-refractivity contribution in [3.8, 4) is 0 Å². The molecule has 98 valence electrons. The van der Waals surface area contributed by atoms with Crippen LogP contribution in [0.3, 0.4) is 0 Å². The van der Waals surface area contributed by atoms with E-state index in [-0.39, 0.29) is 5.56 Å². The van der Waals surface area contributed by atoms with Gasteiger partial charge in [-0.1, -0.05) is 6.92 Å². The molecule has 1 N–H and O–H groups in total. The van der Waals surface area contributed by atoms with Gasteiger partial charge in [0.05, 0.1) is 6.20 Å². The zero-order chi connectivity index (χ0) is 13.1. The number of aromatic nitrogens is 1. The molecule has 18 heavy (non-hydrogen) atoms. The number of aromatic carboxylic acids is 1. The molecule has 1 unspecified atom stereocenters. The molecule has 2 heterocycles. The van der Waals surface area contributed by atoms with Crippen molar-refractivity contribution in [2.75, 3.05) is 23.7 Å². The third-order valence-corrected chi connectivity index (χ3v) is 4.33. The minimum absolute atomic E-state index is 0.0586. The first-order valence-electron chi connectivity index (χ1n) is 5.87. The lowest BCUT2D eigenvalue weighted by Gasteiger charge is -2.33. The lowest BCUT2D eigenvalue weighted by molar-refractivity contribution is 0.0696. The van der Waals surface area contributed by atoms with Crippen LogP contribution in [0.15, 0.2) is 12.3 Å². The molecule has 0 aliphatic carbocycles. The Balaban J connectivity index is 2.29. The van der Waals surface area contributed by atoms with Crippen molar-refractivity contribution < 1.29 is 14.3 Å². The molecule has 1 fully saturated rings. The fourth-order valence-electron chi connectivity index (χ4n) is 2.00. The van der Waals surface area contributed by atoms with Crippen molar-refractivity contribution in [2.45, 2.75) is 18.6 Å². The smallest absolute Gasteiger partial charge is 0.339 e. The van der Waals surface area contributed by atoms with Crippen LogP contribution in [0.25, 0.3) is 0 Å². The first kappa shape index (κ1) is 13.1. The van der Waals surface area contributed by atoms with E-state index in [1.54, 1.807) is 0 Å². The first-order chi connectivity index (χ1) is 8.61. The Hall–Kier alpha value is -1.30. The van der Waals surface area contributed by atoms with E-state index in [2.05, 4.69) is 11.9 Å². The van der Waals surface area contributed by atoms with E-state index in [4.69, 9.17) is 5.11 Å². The van der Waals surface area contributed by atoms with E-state index in [0.717, 1.165) is 37.5 Å². The lowest BCUT2D eigenvalue weighted by Crippen LogP contribution is -2.39. The van der Waals surface area contributed by atoms with Crippen LogP contribution in [0.1, 0.15) is 23.7 Å². The molecule has 0 aromatic carbocycles. The quantitative estimate of drug-likeness (QED) is 0.913. The van der Waals surface area contributed by atoms with Crippen LogP contribution in [0, 0.1) is 5.82 Å². The zero-order valence-corrected chi connectivity index (χ0v) is 10.9. The normalized spacial score (nSPS) is 19.9. The summed E-state index contributed by atoms with van der Waals surface area (Å²) in [5, 5.41) is 9.58. The molecular formula is C12H15FN2O2S. The molecule has 1 saturated heterocycles. The summed E-state index contributed by atoms with van der Waals surface area (Å²) in [4.78, 5) is 17.0. The maximum atomic E-state index is 13.1. The SMILES string of the molecule is CCC1CN(c2ncc(F)cc2C(=O)O)CCS1. The molecule has 1 aliphatic rings. The number of carboxylic acids is 1. The lowest BCUT2D eigenvalue weighted by atomic mass is 10.2. The molecule has 6 heteroatoms. The van der Waals surface area contributed by atoms with Crippen molar-refractivity contribution in [1.82, 2.24) is 4.98 Å². The summed E-state index contributed by atoms with van der Waals surface area (Å²) in [7, 11) is 0. The van der Waals surface area contributed by atoms with E-state index >= 15 is 0 Å². The van der Waals surface area contributed by atoms with E-state index in [1.165, 1.54) is 0 Å². The topological polar surface area (TPSA) is 53.4 Å². The van der Waals surface area contributed by atoms with Crippen LogP contribution in [-0.4, -0.2) is 40.2 Å². The first-order valence-corrected chi connectivity index (χ1v) is 6.92. The van der Waals surface area contributed by atoms with Crippen LogP contribution in [0.5, 0.6) is 0 Å². The third kappa shape index (κ3) is 2.75. The van der Waals surface area contributed by atoms with Crippen molar-refractivity contribution >= 4 is 23.5 Å². The second kappa shape index (κ2) is 5.56. The second-order valence-corrected chi connectivity index (χ2v) is 5.59. The average molecular weight is 270 g/mol. The van der Waals surface area contributed by atoms with E-state index in [1.807, 2.05) is 16.7 Å². The van der Waals surface area contributed by atoms with Gasteiger partial charge in [-0.25, -0.2) is 14.2 Å². The molecule has 1 aromatic heterocycles. The van der Waals surface area contributed by atoms with Gasteiger partial charge >= 0.3 is 5.97 Å². The van der Waals surface area contributed by atoms with Crippen LogP contribution in [-0.2, 0) is 0 Å². The van der Waals surface area contributed by atoms with Crippen LogP contribution >= 0.6 is 11.8 Å². The van der Waals surface area contributed by atoms with Crippen molar-refractivity contribution in [3.05, 3.63) is 23.6 Å². The number of halogens is 1. The molecule has 0 spiro atoms. The predicted molar refractivity (Wildman–Crippen MR) is 69.9 cm³/mol. The summed E-state index contributed by atoms with van der Waals surface area (Å²) in [6.45, 7) is 3.62. The Morgan fingerprint density at radius 1 is 1.72 bits per heavy atom. The fourth-order valence-corrected chi connectivity index (χ4v) is 3.18. The van der Waals surface area contributed by atoms with Gasteiger partial charge in [0.15, 0.2) is 0 Å². The van der Waals surface area contributed by atoms with Gasteiger partial charge in [-0.2, -0.15) is 11.8 Å². The van der Waals surface area contributed by atoms with Gasteiger partial charge < -0.3 is 10.0 Å². The van der Waals surface area contributed by atoms with Gasteiger partial charge in [-0.15, -0.1) is 0 Å². The molecule has 4 nitrogen and oxygen atoms in total. The van der Waals surface area contributed by atoms with E-state index in [9.17, 15) is 9.18 Å². The fraction of sp³-hybridized carbons (Fsp3) is 0.500. The number of hydrogen-bond acceptors (Lipinski definition) is 4. The molecule has 2 rings (SSSR count). The monoisotopic (exact) mass is 270 g/mol. The van der Waals surface area contributed by atoms with Gasteiger partial charge in [0.1, 0.15) is 17.2 Å². The Bertz CT molecular complexity index is 456. The maximum absolute atomic E-state index is 13.1. The number of hydrogen-bond donors (Lipinski definition) is 1. The Morgan fingerprint density at radius 2 is 2.50 bits per heavy atom. The number of pyridine rings is 1. The van der Waals surface area contributed by atoms with Crippen LogP contribution in [0.4, 0.5) is 10.2 Å². The molecule has 1 atom stereocenters. The van der Waals surface area contributed by atoms with Gasteiger partial charge in [0.2, 0.25) is 0 Å². The Labute approximate surface area is 109 Å². The number of carboxylic acid groups (broad SMARTS) is 1. The van der Waals surface area contributed by atoms with Crippen molar-refractivity contribution in [1.29, 1.82) is 0 Å². The highest BCUT2D eigenvalue weighted by Crippen LogP contribution is 2.27. The maximum Gasteiger partial charge on any atom is 0.339 e. The van der Waals surface area contributed by atoms with Crippen LogP contribution < -0.4 is 4.90 Å². The predicted octanol–water partition coefficient (Wildman–Crippen LogP) is 2.25. The van der Waals surface area contributed by atoms with E-state index < -0.39 is 11.8 Å². The Morgan fingerprint density at radius 3 is 3.17 bits per heavy atom. The van der Waals surface area contributed by atoms with Gasteiger partial charge in [-0.3, -0.25) is 0 Å². The van der Waals surface area contributed by atoms with Crippen LogP contribution in [0.2, 0.25) is 0 Å². The summed E-state index contributed by atoms with van der Waals surface area (Å²) < 4.78 is 13.1. The standard InChI is InChI=1S/C12H15FN2O2S/c1-2-9-7-15(3-4-18-9)11-10(12(16)17)5-8(13)6-14-11/h5-6,9H,2-4,7H2,1H3,(H,16,17). The molecule has 0 bridgehead atoms. The summed E-state index contributed by atoms with van der Waals surface area (Å²) >= 11 is 1.89. The number of thioether (sulfide) groups is 1. The van der Waals surface area contributed by atoms with Crippen molar-refractivity contribution in [2.24, 2.45) is 0 Å². The molecule has 0 saturated carbocycles. The highest BCUT2D eigenvalue weighted by atomic mass is 32.2. The largest absolute Gasteiger partial charge is 0.478 e. The molecule has 1 aromatic rings. The van der Waals surface area contributed by atoms with Gasteiger partial charge in [0, 0.05) is 24.1 Å². The van der Waals surface area contributed by atoms with Gasteiger partial charge in [0.25, 0.3) is 0 Å². The number of rotatable bonds is 3. The van der Waals surface area contributed by atoms with E-state index in [0.29, 0.717) is 11.1 Å². The molecule has 0 radical (unpaired) electrons. The number of anilines is 1. The van der Waals surface area contributed by atoms with Crippen molar-refractivity contribution in [3.63, 3.8) is 0 Å². The highest BCUT2D eigenvalue weighted by molar-refractivity contribution is 8.00. The number of nitrogens with zero attached hydrogens (tertiary/aromatic N) is 2. The summed E-state index contributed by atoms with van der Waals surface area (Å²) in [5.74, 6) is -0.433. The zero-order valence-electron chi connectivity index (χ0n) is 10.1.